The van der Waals surface area contributed by atoms with E-state index in [1.807, 2.05) is 42.5 Å². The number of non-ortho nitro benzene ring substituents is 1. The highest BCUT2D eigenvalue weighted by molar-refractivity contribution is 6.31. The van der Waals surface area contributed by atoms with Gasteiger partial charge in [-0.3, -0.25) is 15.1 Å². The molecule has 7 heteroatoms. The molecule has 29 heavy (non-hydrogen) atoms. The lowest BCUT2D eigenvalue weighted by Gasteiger charge is -2.06. The van der Waals surface area contributed by atoms with E-state index in [2.05, 4.69) is 4.98 Å². The molecule has 0 N–H and O–H groups in total. The van der Waals surface area contributed by atoms with E-state index in [1.54, 1.807) is 29.1 Å². The fourth-order valence-corrected chi connectivity index (χ4v) is 3.66. The molecule has 0 aliphatic heterocycles. The Hall–Kier alpha value is -3.77. The van der Waals surface area contributed by atoms with Crippen molar-refractivity contribution in [3.63, 3.8) is 0 Å². The zero-order chi connectivity index (χ0) is 20.0. The van der Waals surface area contributed by atoms with Gasteiger partial charge in [0, 0.05) is 39.7 Å². The zero-order valence-electron chi connectivity index (χ0n) is 15.0. The molecule has 0 amide bonds. The molecule has 0 aliphatic rings. The van der Waals surface area contributed by atoms with Crippen molar-refractivity contribution in [1.29, 1.82) is 0 Å². The first kappa shape index (κ1) is 17.3. The Morgan fingerprint density at radius 2 is 1.76 bits per heavy atom. The Morgan fingerprint density at radius 1 is 0.931 bits per heavy atom. The lowest BCUT2D eigenvalue weighted by molar-refractivity contribution is -0.384. The normalized spacial score (nSPS) is 11.2. The first-order valence-corrected chi connectivity index (χ1v) is 9.27. The maximum Gasteiger partial charge on any atom is 0.271 e. The smallest absolute Gasteiger partial charge is 0.258 e. The second-order valence-electron chi connectivity index (χ2n) is 6.59. The first-order chi connectivity index (χ1) is 14.1. The maximum absolute atomic E-state index is 11.3. The van der Waals surface area contributed by atoms with Crippen molar-refractivity contribution in [2.24, 2.45) is 0 Å². The van der Waals surface area contributed by atoms with E-state index in [0.29, 0.717) is 10.7 Å². The molecule has 5 rings (SSSR count). The maximum atomic E-state index is 11.3. The van der Waals surface area contributed by atoms with E-state index in [0.717, 1.165) is 33.1 Å². The van der Waals surface area contributed by atoms with Gasteiger partial charge in [-0.2, -0.15) is 5.10 Å². The van der Waals surface area contributed by atoms with Gasteiger partial charge < -0.3 is 0 Å². The SMILES string of the molecule is O=[N+]([O-])c1cccc(-n2nc(-c3ccccc3)c3cnc4ccc(Cl)cc4c32)c1. The van der Waals surface area contributed by atoms with E-state index in [9.17, 15) is 10.1 Å². The van der Waals surface area contributed by atoms with Gasteiger partial charge in [0.2, 0.25) is 0 Å². The summed E-state index contributed by atoms with van der Waals surface area (Å²) in [7, 11) is 0. The minimum atomic E-state index is -0.413. The number of fused-ring (bicyclic) bond motifs is 3. The molecule has 0 fully saturated rings. The van der Waals surface area contributed by atoms with Crippen LogP contribution in [0.25, 0.3) is 38.8 Å². The highest BCUT2D eigenvalue weighted by atomic mass is 35.5. The summed E-state index contributed by atoms with van der Waals surface area (Å²) in [5.74, 6) is 0. The number of hydrogen-bond donors (Lipinski definition) is 0. The molecular formula is C22H13ClN4O2. The summed E-state index contributed by atoms with van der Waals surface area (Å²) < 4.78 is 1.73. The molecule has 0 saturated carbocycles. The van der Waals surface area contributed by atoms with Crippen LogP contribution < -0.4 is 0 Å². The number of hydrogen-bond acceptors (Lipinski definition) is 4. The molecule has 0 atom stereocenters. The van der Waals surface area contributed by atoms with Gasteiger partial charge in [0.1, 0.15) is 5.69 Å². The molecule has 140 valence electrons. The fraction of sp³-hybridized carbons (Fsp3) is 0. The van der Waals surface area contributed by atoms with E-state index in [-0.39, 0.29) is 5.69 Å². The summed E-state index contributed by atoms with van der Waals surface area (Å²) in [6.45, 7) is 0. The molecule has 2 aromatic heterocycles. The largest absolute Gasteiger partial charge is 0.271 e. The van der Waals surface area contributed by atoms with Gasteiger partial charge in [-0.1, -0.05) is 48.0 Å². The molecule has 0 aliphatic carbocycles. The Balaban J connectivity index is 1.91. The number of benzene rings is 3. The third-order valence-electron chi connectivity index (χ3n) is 4.80. The molecule has 2 heterocycles. The standard InChI is InChI=1S/C22H13ClN4O2/c23-15-9-10-20-18(11-15)22-19(13-24-20)21(14-5-2-1-3-6-14)25-26(22)16-7-4-8-17(12-16)27(28)29/h1-13H. The molecule has 0 unspecified atom stereocenters. The van der Waals surface area contributed by atoms with Gasteiger partial charge in [-0.05, 0) is 24.3 Å². The molecule has 3 aromatic carbocycles. The molecule has 6 nitrogen and oxygen atoms in total. The lowest BCUT2D eigenvalue weighted by atomic mass is 10.1. The summed E-state index contributed by atoms with van der Waals surface area (Å²) in [4.78, 5) is 15.4. The third kappa shape index (κ3) is 2.90. The van der Waals surface area contributed by atoms with Gasteiger partial charge in [0.15, 0.2) is 0 Å². The number of pyridine rings is 1. The van der Waals surface area contributed by atoms with Crippen molar-refractivity contribution in [2.75, 3.05) is 0 Å². The van der Waals surface area contributed by atoms with Crippen molar-refractivity contribution < 1.29 is 4.92 Å². The van der Waals surface area contributed by atoms with Crippen molar-refractivity contribution in [2.45, 2.75) is 0 Å². The number of nitrogens with zero attached hydrogens (tertiary/aromatic N) is 4. The lowest BCUT2D eigenvalue weighted by Crippen LogP contribution is -1.98. The van der Waals surface area contributed by atoms with Crippen molar-refractivity contribution in [1.82, 2.24) is 14.8 Å². The van der Waals surface area contributed by atoms with Crippen LogP contribution in [0.3, 0.4) is 0 Å². The molecule has 0 radical (unpaired) electrons. The monoisotopic (exact) mass is 400 g/mol. The predicted molar refractivity (Wildman–Crippen MR) is 113 cm³/mol. The van der Waals surface area contributed by atoms with Crippen LogP contribution in [-0.2, 0) is 0 Å². The first-order valence-electron chi connectivity index (χ1n) is 8.89. The Kier molecular flexibility index (Phi) is 4.00. The Morgan fingerprint density at radius 3 is 2.55 bits per heavy atom. The minimum absolute atomic E-state index is 0.00352. The van der Waals surface area contributed by atoms with Crippen LogP contribution in [0.4, 0.5) is 5.69 Å². The van der Waals surface area contributed by atoms with Crippen LogP contribution >= 0.6 is 11.6 Å². The Labute approximate surface area is 170 Å². The summed E-state index contributed by atoms with van der Waals surface area (Å²) in [6.07, 6.45) is 1.79. The number of aromatic nitrogens is 3. The van der Waals surface area contributed by atoms with Crippen LogP contribution in [0.15, 0.2) is 79.0 Å². The average Bonchev–Trinajstić information content (AvgIpc) is 3.14. The number of nitro groups is 1. The van der Waals surface area contributed by atoms with E-state index < -0.39 is 4.92 Å². The number of nitro benzene ring substituents is 1. The molecule has 0 saturated heterocycles. The van der Waals surface area contributed by atoms with Crippen molar-refractivity contribution >= 4 is 39.1 Å². The second-order valence-corrected chi connectivity index (χ2v) is 7.02. The molecule has 0 bridgehead atoms. The average molecular weight is 401 g/mol. The molecular weight excluding hydrogens is 388 g/mol. The quantitative estimate of drug-likeness (QED) is 0.283. The van der Waals surface area contributed by atoms with Crippen LogP contribution in [-0.4, -0.2) is 19.7 Å². The molecule has 0 spiro atoms. The van der Waals surface area contributed by atoms with Crippen LogP contribution in [0, 0.1) is 10.1 Å². The summed E-state index contributed by atoms with van der Waals surface area (Å²) >= 11 is 6.26. The zero-order valence-corrected chi connectivity index (χ0v) is 15.7. The highest BCUT2D eigenvalue weighted by Gasteiger charge is 2.18. The van der Waals surface area contributed by atoms with Gasteiger partial charge in [-0.25, -0.2) is 4.68 Å². The Bertz CT molecular complexity index is 1400. The predicted octanol–water partition coefficient (Wildman–Crippen LogP) is 5.80. The van der Waals surface area contributed by atoms with Gasteiger partial charge in [0.25, 0.3) is 5.69 Å². The van der Waals surface area contributed by atoms with Crippen LogP contribution in [0.2, 0.25) is 5.02 Å². The highest BCUT2D eigenvalue weighted by Crippen LogP contribution is 2.35. The van der Waals surface area contributed by atoms with Gasteiger partial charge in [-0.15, -0.1) is 0 Å². The van der Waals surface area contributed by atoms with Crippen LogP contribution in [0.1, 0.15) is 0 Å². The number of rotatable bonds is 3. The molecule has 5 aromatic rings. The van der Waals surface area contributed by atoms with E-state index >= 15 is 0 Å². The van der Waals surface area contributed by atoms with Gasteiger partial charge >= 0.3 is 0 Å². The van der Waals surface area contributed by atoms with Gasteiger partial charge in [0.05, 0.1) is 21.6 Å². The summed E-state index contributed by atoms with van der Waals surface area (Å²) in [5.41, 5.74) is 3.86. The van der Waals surface area contributed by atoms with Crippen molar-refractivity contribution in [3.8, 4) is 16.9 Å². The minimum Gasteiger partial charge on any atom is -0.258 e. The van der Waals surface area contributed by atoms with Crippen molar-refractivity contribution in [3.05, 3.63) is 94.1 Å². The third-order valence-corrected chi connectivity index (χ3v) is 5.04. The summed E-state index contributed by atoms with van der Waals surface area (Å²) in [6, 6.07) is 21.7. The number of halogens is 1. The van der Waals surface area contributed by atoms with Crippen LogP contribution in [0.5, 0.6) is 0 Å². The topological polar surface area (TPSA) is 73.8 Å². The van der Waals surface area contributed by atoms with E-state index in [4.69, 9.17) is 16.7 Å². The summed E-state index contributed by atoms with van der Waals surface area (Å²) in [5, 5.41) is 18.4. The van der Waals surface area contributed by atoms with E-state index in [1.165, 1.54) is 12.1 Å². The fourth-order valence-electron chi connectivity index (χ4n) is 3.49. The second kappa shape index (κ2) is 6.68.